The van der Waals surface area contributed by atoms with E-state index in [1.54, 1.807) is 21.3 Å². The maximum absolute atomic E-state index is 6.36. The first kappa shape index (κ1) is 22.2. The lowest BCUT2D eigenvalue weighted by atomic mass is 9.99. The Labute approximate surface area is 197 Å². The number of hydrogen-bond acceptors (Lipinski definition) is 8. The van der Waals surface area contributed by atoms with Gasteiger partial charge in [0.25, 0.3) is 0 Å². The second-order valence-electron chi connectivity index (χ2n) is 8.40. The molecule has 178 valence electrons. The lowest BCUT2D eigenvalue weighted by Crippen LogP contribution is -2.15. The fourth-order valence-corrected chi connectivity index (χ4v) is 4.38. The Kier molecular flexibility index (Phi) is 5.83. The average Bonchev–Trinajstić information content (AvgIpc) is 3.30. The summed E-state index contributed by atoms with van der Waals surface area (Å²) in [6.07, 6.45) is 0.895. The topological polar surface area (TPSA) is 71.5 Å². The number of nitrogens with zero attached hydrogens (tertiary/aromatic N) is 2. The monoisotopic (exact) mass is 464 g/mol. The summed E-state index contributed by atoms with van der Waals surface area (Å²) >= 11 is 0. The molecule has 8 heteroatoms. The third-order valence-corrected chi connectivity index (χ3v) is 6.01. The van der Waals surface area contributed by atoms with Crippen LogP contribution in [0.2, 0.25) is 0 Å². The minimum Gasteiger partial charge on any atom is -0.493 e. The zero-order chi connectivity index (χ0) is 23.8. The van der Waals surface area contributed by atoms with Crippen molar-refractivity contribution in [3.63, 3.8) is 0 Å². The van der Waals surface area contributed by atoms with Gasteiger partial charge < -0.3 is 33.3 Å². The van der Waals surface area contributed by atoms with Crippen LogP contribution in [0.4, 0.5) is 0 Å². The molecule has 0 spiro atoms. The van der Waals surface area contributed by atoms with Crippen LogP contribution < -0.4 is 28.4 Å². The number of rotatable bonds is 8. The Morgan fingerprint density at radius 2 is 1.53 bits per heavy atom. The number of pyridine rings is 1. The first-order valence-electron chi connectivity index (χ1n) is 11.1. The molecule has 0 bridgehead atoms. The molecule has 0 saturated heterocycles. The van der Waals surface area contributed by atoms with Crippen LogP contribution in [0, 0.1) is 0 Å². The molecule has 0 unspecified atom stereocenters. The Hall–Kier alpha value is -3.65. The highest BCUT2D eigenvalue weighted by atomic mass is 16.7. The van der Waals surface area contributed by atoms with Crippen molar-refractivity contribution in [2.24, 2.45) is 0 Å². The molecule has 3 aromatic carbocycles. The minimum atomic E-state index is 0.203. The number of methoxy groups -OCH3 is 3. The van der Waals surface area contributed by atoms with Gasteiger partial charge in [0.15, 0.2) is 23.0 Å². The lowest BCUT2D eigenvalue weighted by molar-refractivity contribution is 0.174. The van der Waals surface area contributed by atoms with E-state index in [-0.39, 0.29) is 6.79 Å². The van der Waals surface area contributed by atoms with Crippen molar-refractivity contribution in [3.8, 4) is 34.6 Å². The van der Waals surface area contributed by atoms with Gasteiger partial charge in [0.05, 0.1) is 38.8 Å². The Morgan fingerprint density at radius 1 is 0.824 bits per heavy atom. The fourth-order valence-electron chi connectivity index (χ4n) is 4.38. The van der Waals surface area contributed by atoms with Gasteiger partial charge in [-0.1, -0.05) is 0 Å². The average molecular weight is 465 g/mol. The summed E-state index contributed by atoms with van der Waals surface area (Å²) in [6, 6.07) is 9.82. The summed E-state index contributed by atoms with van der Waals surface area (Å²) in [7, 11) is 8.96. The van der Waals surface area contributed by atoms with Crippen LogP contribution in [0.5, 0.6) is 34.6 Å². The molecule has 8 nitrogen and oxygen atoms in total. The molecule has 0 saturated carbocycles. The number of benzene rings is 3. The first-order chi connectivity index (χ1) is 16.5. The summed E-state index contributed by atoms with van der Waals surface area (Å²) in [4.78, 5) is 7.06. The third-order valence-electron chi connectivity index (χ3n) is 6.01. The molecule has 5 rings (SSSR count). The van der Waals surface area contributed by atoms with Crippen LogP contribution in [-0.4, -0.2) is 65.3 Å². The van der Waals surface area contributed by atoms with Crippen molar-refractivity contribution in [3.05, 3.63) is 30.3 Å². The van der Waals surface area contributed by atoms with Crippen molar-refractivity contribution >= 4 is 32.4 Å². The number of hydrogen-bond donors (Lipinski definition) is 0. The molecule has 1 aliphatic heterocycles. The molecule has 0 aliphatic carbocycles. The predicted molar refractivity (Wildman–Crippen MR) is 131 cm³/mol. The van der Waals surface area contributed by atoms with E-state index >= 15 is 0 Å². The van der Waals surface area contributed by atoms with Gasteiger partial charge in [0, 0.05) is 22.7 Å². The summed E-state index contributed by atoms with van der Waals surface area (Å²) in [5.41, 5.74) is 0.759. The Bertz CT molecular complexity index is 1390. The summed E-state index contributed by atoms with van der Waals surface area (Å²) in [5, 5.41) is 4.48. The van der Waals surface area contributed by atoms with E-state index in [1.807, 2.05) is 30.3 Å². The number of ether oxygens (including phenoxy) is 6. The molecule has 0 atom stereocenters. The minimum absolute atomic E-state index is 0.203. The van der Waals surface area contributed by atoms with Crippen molar-refractivity contribution < 1.29 is 28.4 Å². The highest BCUT2D eigenvalue weighted by Gasteiger charge is 2.22. The highest BCUT2D eigenvalue weighted by molar-refractivity contribution is 6.20. The smallest absolute Gasteiger partial charge is 0.231 e. The normalized spacial score (nSPS) is 12.6. The van der Waals surface area contributed by atoms with Crippen molar-refractivity contribution in [2.75, 3.05) is 55.4 Å². The SMILES string of the molecule is COc1cc2c(OC)nc3c4cc5c(cc4cc(OCCCN(C)C)c3c2cc1OC)OCO5. The van der Waals surface area contributed by atoms with Gasteiger partial charge in [-0.25, -0.2) is 4.98 Å². The summed E-state index contributed by atoms with van der Waals surface area (Å²) < 4.78 is 34.5. The van der Waals surface area contributed by atoms with Gasteiger partial charge in [0.1, 0.15) is 5.75 Å². The van der Waals surface area contributed by atoms with E-state index in [1.165, 1.54) is 0 Å². The zero-order valence-electron chi connectivity index (χ0n) is 20.1. The molecule has 4 aromatic rings. The van der Waals surface area contributed by atoms with Crippen LogP contribution in [-0.2, 0) is 0 Å². The second-order valence-corrected chi connectivity index (χ2v) is 8.40. The molecular weight excluding hydrogens is 436 g/mol. The molecule has 1 aromatic heterocycles. The predicted octanol–water partition coefficient (Wildman–Crippen LogP) is 4.63. The second kappa shape index (κ2) is 8.95. The molecule has 34 heavy (non-hydrogen) atoms. The molecule has 2 heterocycles. The van der Waals surface area contributed by atoms with E-state index in [0.29, 0.717) is 35.5 Å². The van der Waals surface area contributed by atoms with E-state index in [2.05, 4.69) is 19.0 Å². The first-order valence-corrected chi connectivity index (χ1v) is 11.1. The van der Waals surface area contributed by atoms with Gasteiger partial charge in [0.2, 0.25) is 12.7 Å². The van der Waals surface area contributed by atoms with Crippen LogP contribution in [0.3, 0.4) is 0 Å². The standard InChI is InChI=1S/C26H28N2O6/c1-28(2)7-6-8-32-23-10-15-9-21-22(34-14-33-21)11-16(15)25-24(23)17-12-19(29-3)20(30-4)13-18(17)26(27-25)31-5/h9-13H,6-8,14H2,1-5H3. The van der Waals surface area contributed by atoms with E-state index in [4.69, 9.17) is 33.4 Å². The molecular formula is C26H28N2O6. The van der Waals surface area contributed by atoms with Crippen molar-refractivity contribution in [1.29, 1.82) is 0 Å². The lowest BCUT2D eigenvalue weighted by Gasteiger charge is -2.18. The Morgan fingerprint density at radius 3 is 2.21 bits per heavy atom. The maximum atomic E-state index is 6.36. The summed E-state index contributed by atoms with van der Waals surface area (Å²) in [6.45, 7) is 1.71. The maximum Gasteiger partial charge on any atom is 0.231 e. The van der Waals surface area contributed by atoms with Crippen LogP contribution in [0.1, 0.15) is 6.42 Å². The van der Waals surface area contributed by atoms with E-state index in [0.717, 1.165) is 51.2 Å². The largest absolute Gasteiger partial charge is 0.493 e. The number of aromatic nitrogens is 1. The summed E-state index contributed by atoms with van der Waals surface area (Å²) in [5.74, 6) is 3.87. The van der Waals surface area contributed by atoms with Crippen LogP contribution >= 0.6 is 0 Å². The molecule has 1 aliphatic rings. The number of fused-ring (bicyclic) bond motifs is 6. The van der Waals surface area contributed by atoms with Crippen LogP contribution in [0.25, 0.3) is 32.4 Å². The van der Waals surface area contributed by atoms with Gasteiger partial charge in [-0.2, -0.15) is 0 Å². The highest BCUT2D eigenvalue weighted by Crippen LogP contribution is 2.46. The molecule has 0 N–H and O–H groups in total. The van der Waals surface area contributed by atoms with Gasteiger partial charge in [-0.05, 0) is 56.2 Å². The van der Waals surface area contributed by atoms with E-state index < -0.39 is 0 Å². The van der Waals surface area contributed by atoms with Crippen molar-refractivity contribution in [2.45, 2.75) is 6.42 Å². The zero-order valence-corrected chi connectivity index (χ0v) is 20.1. The third kappa shape index (κ3) is 3.74. The van der Waals surface area contributed by atoms with Crippen molar-refractivity contribution in [1.82, 2.24) is 9.88 Å². The fraction of sp³-hybridized carbons (Fsp3) is 0.346. The molecule has 0 fully saturated rings. The Balaban J connectivity index is 1.82. The van der Waals surface area contributed by atoms with Gasteiger partial charge in [-0.15, -0.1) is 0 Å². The van der Waals surface area contributed by atoms with Crippen LogP contribution in [0.15, 0.2) is 30.3 Å². The van der Waals surface area contributed by atoms with Gasteiger partial charge >= 0.3 is 0 Å². The van der Waals surface area contributed by atoms with Gasteiger partial charge in [-0.3, -0.25) is 0 Å². The molecule has 0 radical (unpaired) electrons. The van der Waals surface area contributed by atoms with E-state index in [9.17, 15) is 0 Å². The quantitative estimate of drug-likeness (QED) is 0.276. The molecule has 0 amide bonds.